The quantitative estimate of drug-likeness (QED) is 0.496. The molecule has 0 bridgehead atoms. The highest BCUT2D eigenvalue weighted by Crippen LogP contribution is 2.31. The second-order valence-corrected chi connectivity index (χ2v) is 2.92. The first kappa shape index (κ1) is 6.64. The Kier molecular flexibility index (Phi) is 1.19. The van der Waals surface area contributed by atoms with E-state index in [0.717, 1.165) is 0 Å². The molecule has 0 aliphatic carbocycles. The van der Waals surface area contributed by atoms with E-state index in [1.807, 2.05) is 0 Å². The van der Waals surface area contributed by atoms with Gasteiger partial charge in [0.15, 0.2) is 6.10 Å². The minimum Gasteiger partial charge on any atom is -0.458 e. The third-order valence-corrected chi connectivity index (χ3v) is 2.13. The van der Waals surface area contributed by atoms with Crippen LogP contribution < -0.4 is 0 Å². The van der Waals surface area contributed by atoms with Gasteiger partial charge in [-0.25, -0.2) is 0 Å². The third-order valence-electron chi connectivity index (χ3n) is 2.13. The number of ether oxygens (including phenoxy) is 2. The van der Waals surface area contributed by atoms with Crippen molar-refractivity contribution in [1.82, 2.24) is 0 Å². The van der Waals surface area contributed by atoms with E-state index in [4.69, 9.17) is 9.47 Å². The van der Waals surface area contributed by atoms with Gasteiger partial charge in [0.25, 0.3) is 0 Å². The molecule has 3 unspecified atom stereocenters. The standard InChI is InChI=1S/C7H8O4/c1-3-6(11-7(3)9)4-2-5(8)10-4/h3-4,6H,2H2,1H3. The van der Waals surface area contributed by atoms with Crippen molar-refractivity contribution < 1.29 is 19.1 Å². The predicted octanol–water partition coefficient (Wildman–Crippen LogP) is -0.137. The molecule has 0 N–H and O–H groups in total. The average Bonchev–Trinajstić information content (AvgIpc) is 1.94. The Morgan fingerprint density at radius 3 is 2.36 bits per heavy atom. The highest BCUT2D eigenvalue weighted by atomic mass is 16.6. The summed E-state index contributed by atoms with van der Waals surface area (Å²) in [4.78, 5) is 21.0. The van der Waals surface area contributed by atoms with E-state index in [1.54, 1.807) is 6.92 Å². The van der Waals surface area contributed by atoms with E-state index < -0.39 is 0 Å². The Morgan fingerprint density at radius 1 is 1.36 bits per heavy atom. The second kappa shape index (κ2) is 1.96. The lowest BCUT2D eigenvalue weighted by molar-refractivity contribution is -0.218. The summed E-state index contributed by atoms with van der Waals surface area (Å²) < 4.78 is 9.53. The number of carbonyl (C=O) groups is 2. The van der Waals surface area contributed by atoms with E-state index in [0.29, 0.717) is 6.42 Å². The van der Waals surface area contributed by atoms with Gasteiger partial charge in [0.1, 0.15) is 6.10 Å². The topological polar surface area (TPSA) is 52.6 Å². The molecule has 11 heavy (non-hydrogen) atoms. The Labute approximate surface area is 63.5 Å². The van der Waals surface area contributed by atoms with Crippen molar-refractivity contribution in [3.05, 3.63) is 0 Å². The molecule has 0 amide bonds. The summed E-state index contributed by atoms with van der Waals surface area (Å²) in [5.41, 5.74) is 0. The number of rotatable bonds is 1. The molecule has 0 aromatic heterocycles. The Balaban J connectivity index is 1.89. The molecule has 2 heterocycles. The van der Waals surface area contributed by atoms with Gasteiger partial charge in [0.2, 0.25) is 0 Å². The summed E-state index contributed by atoms with van der Waals surface area (Å²) in [5.74, 6) is -0.504. The van der Waals surface area contributed by atoms with Gasteiger partial charge < -0.3 is 9.47 Å². The van der Waals surface area contributed by atoms with Gasteiger partial charge in [-0.3, -0.25) is 9.59 Å². The fourth-order valence-corrected chi connectivity index (χ4v) is 1.31. The highest BCUT2D eigenvalue weighted by molar-refractivity contribution is 5.81. The zero-order valence-electron chi connectivity index (χ0n) is 6.07. The van der Waals surface area contributed by atoms with Crippen LogP contribution in [0.3, 0.4) is 0 Å². The first-order valence-corrected chi connectivity index (χ1v) is 3.58. The molecule has 3 atom stereocenters. The molecular weight excluding hydrogens is 148 g/mol. The number of carbonyl (C=O) groups excluding carboxylic acids is 2. The van der Waals surface area contributed by atoms with Crippen LogP contribution in [-0.2, 0) is 19.1 Å². The first-order chi connectivity index (χ1) is 5.18. The van der Waals surface area contributed by atoms with Crippen LogP contribution in [0.15, 0.2) is 0 Å². The average molecular weight is 156 g/mol. The first-order valence-electron chi connectivity index (χ1n) is 3.58. The Morgan fingerprint density at radius 2 is 2.00 bits per heavy atom. The van der Waals surface area contributed by atoms with Crippen molar-refractivity contribution in [2.75, 3.05) is 0 Å². The monoisotopic (exact) mass is 156 g/mol. The molecule has 2 rings (SSSR count). The molecule has 60 valence electrons. The molecule has 2 saturated heterocycles. The SMILES string of the molecule is CC1C(=O)OC1C1CC(=O)O1. The van der Waals surface area contributed by atoms with E-state index >= 15 is 0 Å². The van der Waals surface area contributed by atoms with Gasteiger partial charge in [0, 0.05) is 0 Å². The minimum atomic E-state index is -0.204. The third kappa shape index (κ3) is 0.818. The summed E-state index contributed by atoms with van der Waals surface area (Å²) in [6.07, 6.45) is 0.0397. The Bertz CT molecular complexity index is 214. The minimum absolute atomic E-state index is 0.104. The fraction of sp³-hybridized carbons (Fsp3) is 0.714. The molecule has 2 aliphatic rings. The number of cyclic esters (lactones) is 2. The van der Waals surface area contributed by atoms with Crippen LogP contribution in [0.25, 0.3) is 0 Å². The van der Waals surface area contributed by atoms with Crippen LogP contribution in [-0.4, -0.2) is 24.1 Å². The van der Waals surface area contributed by atoms with Gasteiger partial charge in [-0.15, -0.1) is 0 Å². The van der Waals surface area contributed by atoms with Crippen LogP contribution in [0.1, 0.15) is 13.3 Å². The van der Waals surface area contributed by atoms with Crippen molar-refractivity contribution in [1.29, 1.82) is 0 Å². The lowest BCUT2D eigenvalue weighted by Gasteiger charge is -2.40. The molecule has 0 spiro atoms. The fourth-order valence-electron chi connectivity index (χ4n) is 1.31. The highest BCUT2D eigenvalue weighted by Gasteiger charge is 2.50. The molecule has 0 aromatic carbocycles. The molecular formula is C7H8O4. The maximum absolute atomic E-state index is 10.6. The summed E-state index contributed by atoms with van der Waals surface area (Å²) in [5, 5.41) is 0. The normalized spacial score (nSPS) is 41.7. The van der Waals surface area contributed by atoms with Crippen molar-refractivity contribution in [3.63, 3.8) is 0 Å². The summed E-state index contributed by atoms with van der Waals surface area (Å²) >= 11 is 0. The molecule has 0 aromatic rings. The summed E-state index contributed by atoms with van der Waals surface area (Å²) in [6, 6.07) is 0. The number of hydrogen-bond donors (Lipinski definition) is 0. The van der Waals surface area contributed by atoms with Crippen LogP contribution in [0.5, 0.6) is 0 Å². The Hall–Kier alpha value is -1.06. The number of hydrogen-bond acceptors (Lipinski definition) is 4. The van der Waals surface area contributed by atoms with Crippen molar-refractivity contribution in [3.8, 4) is 0 Å². The molecule has 0 radical (unpaired) electrons. The van der Waals surface area contributed by atoms with Gasteiger partial charge in [0.05, 0.1) is 12.3 Å². The largest absolute Gasteiger partial charge is 0.458 e. The molecule has 0 saturated carbocycles. The van der Waals surface area contributed by atoms with E-state index in [2.05, 4.69) is 0 Å². The van der Waals surface area contributed by atoms with Gasteiger partial charge in [-0.2, -0.15) is 0 Å². The van der Waals surface area contributed by atoms with Crippen molar-refractivity contribution in [2.45, 2.75) is 25.6 Å². The van der Waals surface area contributed by atoms with E-state index in [1.165, 1.54) is 0 Å². The maximum atomic E-state index is 10.6. The number of esters is 2. The summed E-state index contributed by atoms with van der Waals surface area (Å²) in [7, 11) is 0. The summed E-state index contributed by atoms with van der Waals surface area (Å²) in [6.45, 7) is 1.78. The van der Waals surface area contributed by atoms with E-state index in [9.17, 15) is 9.59 Å². The van der Waals surface area contributed by atoms with Crippen LogP contribution in [0.4, 0.5) is 0 Å². The van der Waals surface area contributed by atoms with Crippen molar-refractivity contribution >= 4 is 11.9 Å². The second-order valence-electron chi connectivity index (χ2n) is 2.92. The van der Waals surface area contributed by atoms with Crippen LogP contribution >= 0.6 is 0 Å². The smallest absolute Gasteiger partial charge is 0.313 e. The molecule has 4 heteroatoms. The lowest BCUT2D eigenvalue weighted by atomic mass is 9.90. The van der Waals surface area contributed by atoms with Crippen LogP contribution in [0.2, 0.25) is 0 Å². The van der Waals surface area contributed by atoms with E-state index in [-0.39, 0.29) is 30.1 Å². The van der Waals surface area contributed by atoms with Gasteiger partial charge in [-0.05, 0) is 6.92 Å². The lowest BCUT2D eigenvalue weighted by Crippen LogP contribution is -2.56. The zero-order chi connectivity index (χ0) is 8.01. The zero-order valence-corrected chi connectivity index (χ0v) is 6.07. The maximum Gasteiger partial charge on any atom is 0.313 e. The van der Waals surface area contributed by atoms with Gasteiger partial charge in [-0.1, -0.05) is 0 Å². The molecule has 4 nitrogen and oxygen atoms in total. The molecule has 2 fully saturated rings. The van der Waals surface area contributed by atoms with Crippen molar-refractivity contribution in [2.24, 2.45) is 5.92 Å². The molecule has 2 aliphatic heterocycles. The van der Waals surface area contributed by atoms with Crippen LogP contribution in [0, 0.1) is 5.92 Å². The van der Waals surface area contributed by atoms with Gasteiger partial charge >= 0.3 is 11.9 Å². The predicted molar refractivity (Wildman–Crippen MR) is 33.5 cm³/mol.